The van der Waals surface area contributed by atoms with Crippen molar-refractivity contribution in [2.45, 2.75) is 187 Å². The number of phosphoric acid groups is 1. The number of phosphoric ester groups is 1. The van der Waals surface area contributed by atoms with Gasteiger partial charge < -0.3 is 24.2 Å². The number of ether oxygens (including phenoxy) is 3. The number of aliphatic hydroxyl groups is 1. The van der Waals surface area contributed by atoms with Gasteiger partial charge in [-0.3, -0.25) is 23.4 Å². The molecule has 0 aromatic heterocycles. The van der Waals surface area contributed by atoms with Crippen molar-refractivity contribution in [1.82, 2.24) is 0 Å². The van der Waals surface area contributed by atoms with E-state index in [9.17, 15) is 28.9 Å². The molecule has 3 unspecified atom stereocenters. The third kappa shape index (κ3) is 48.6. The van der Waals surface area contributed by atoms with E-state index in [1.807, 2.05) is 12.2 Å². The fourth-order valence-corrected chi connectivity index (χ4v) is 6.98. The number of hydrogen-bond donors (Lipinski definition) is 2. The zero-order valence-corrected chi connectivity index (χ0v) is 44.1. The summed E-state index contributed by atoms with van der Waals surface area (Å²) in [6.07, 6.45) is 63.0. The van der Waals surface area contributed by atoms with Gasteiger partial charge in [-0.2, -0.15) is 0 Å². The van der Waals surface area contributed by atoms with E-state index in [2.05, 4.69) is 142 Å². The molecule has 12 heteroatoms. The molecule has 3 atom stereocenters. The fourth-order valence-electron chi connectivity index (χ4n) is 6.20. The minimum absolute atomic E-state index is 0.0875. The number of hydrogen-bond acceptors (Lipinski definition) is 10. The molecular formula is C58H91O11P. The van der Waals surface area contributed by atoms with Crippen molar-refractivity contribution in [2.75, 3.05) is 26.4 Å². The number of esters is 3. The molecule has 0 aliphatic heterocycles. The van der Waals surface area contributed by atoms with Crippen LogP contribution in [0.4, 0.5) is 0 Å². The quantitative estimate of drug-likeness (QED) is 0.0197. The number of allylic oxidation sites excluding steroid dienone is 22. The second-order valence-corrected chi connectivity index (χ2v) is 18.0. The van der Waals surface area contributed by atoms with E-state index in [4.69, 9.17) is 23.3 Å². The lowest BCUT2D eigenvalue weighted by molar-refractivity contribution is -0.161. The number of carbonyl (C=O) groups is 3. The highest BCUT2D eigenvalue weighted by molar-refractivity contribution is 7.47. The van der Waals surface area contributed by atoms with E-state index in [0.717, 1.165) is 116 Å². The molecule has 0 bridgehead atoms. The maximum absolute atomic E-state index is 12.9. The molecule has 0 aliphatic carbocycles. The predicted octanol–water partition coefficient (Wildman–Crippen LogP) is 15.0. The summed E-state index contributed by atoms with van der Waals surface area (Å²) >= 11 is 0. The third-order valence-corrected chi connectivity index (χ3v) is 11.0. The predicted molar refractivity (Wildman–Crippen MR) is 288 cm³/mol. The summed E-state index contributed by atoms with van der Waals surface area (Å²) in [6.45, 7) is 4.11. The van der Waals surface area contributed by atoms with Crippen molar-refractivity contribution in [2.24, 2.45) is 0 Å². The van der Waals surface area contributed by atoms with Crippen molar-refractivity contribution >= 4 is 25.7 Å². The Morgan fingerprint density at radius 1 is 0.400 bits per heavy atom. The average molecular weight is 995 g/mol. The first kappa shape index (κ1) is 65.6. The van der Waals surface area contributed by atoms with E-state index in [-0.39, 0.29) is 19.3 Å². The van der Waals surface area contributed by atoms with Gasteiger partial charge in [0.15, 0.2) is 6.10 Å². The molecule has 70 heavy (non-hydrogen) atoms. The first-order chi connectivity index (χ1) is 34.2. The fraction of sp³-hybridized carbons (Fsp3) is 0.569. The topological polar surface area (TPSA) is 155 Å². The molecule has 0 aliphatic rings. The van der Waals surface area contributed by atoms with Gasteiger partial charge in [-0.05, 0) is 116 Å². The number of carbonyl (C=O) groups excluding carboxylic acids is 3. The lowest BCUT2D eigenvalue weighted by atomic mass is 10.1. The lowest BCUT2D eigenvalue weighted by Crippen LogP contribution is -2.30. The van der Waals surface area contributed by atoms with Gasteiger partial charge in [0.2, 0.25) is 0 Å². The molecule has 0 aromatic rings. The Hall–Kier alpha value is -4.38. The van der Waals surface area contributed by atoms with E-state index >= 15 is 0 Å². The van der Waals surface area contributed by atoms with Crippen LogP contribution in [0.3, 0.4) is 0 Å². The highest BCUT2D eigenvalue weighted by atomic mass is 31.2. The molecular weight excluding hydrogens is 904 g/mol. The molecule has 0 saturated carbocycles. The van der Waals surface area contributed by atoms with E-state index in [0.29, 0.717) is 19.3 Å². The Balaban J connectivity index is 4.90. The Labute approximate surface area is 423 Å². The summed E-state index contributed by atoms with van der Waals surface area (Å²) in [7, 11) is -4.78. The summed E-state index contributed by atoms with van der Waals surface area (Å²) in [5.74, 6) is -1.65. The SMILES string of the molecule is CC/C=C\C/C=C\C/C=C\C/C=C\CCCCC(=O)OC(COC(=O)CC/C=C\C/C=C\C/C=C\C/C=C\CC)COP(=O)(O)OCC(CO)OC(=O)CCCCCCC/C=C\C/C=C\C/C=C\CC. The highest BCUT2D eigenvalue weighted by Crippen LogP contribution is 2.43. The molecule has 0 aromatic carbocycles. The Morgan fingerprint density at radius 3 is 1.16 bits per heavy atom. The van der Waals surface area contributed by atoms with Crippen LogP contribution in [0.25, 0.3) is 0 Å². The Bertz CT molecular complexity index is 1680. The van der Waals surface area contributed by atoms with Crippen LogP contribution in [0.2, 0.25) is 0 Å². The smallest absolute Gasteiger partial charge is 0.462 e. The second-order valence-electron chi connectivity index (χ2n) is 16.5. The van der Waals surface area contributed by atoms with Crippen LogP contribution in [0.1, 0.15) is 175 Å². The van der Waals surface area contributed by atoms with Crippen molar-refractivity contribution in [3.05, 3.63) is 134 Å². The van der Waals surface area contributed by atoms with Crippen molar-refractivity contribution in [3.63, 3.8) is 0 Å². The third-order valence-electron chi connectivity index (χ3n) is 10.1. The largest absolute Gasteiger partial charge is 0.472 e. The second kappa shape index (κ2) is 51.0. The number of unbranched alkanes of at least 4 members (excludes halogenated alkanes) is 7. The van der Waals surface area contributed by atoms with Crippen LogP contribution in [0.5, 0.6) is 0 Å². The van der Waals surface area contributed by atoms with Gasteiger partial charge in [0.05, 0.1) is 19.8 Å². The normalized spacial score (nSPS) is 14.5. The Kier molecular flexibility index (Phi) is 47.8. The summed E-state index contributed by atoms with van der Waals surface area (Å²) in [5, 5.41) is 9.78. The van der Waals surface area contributed by atoms with Gasteiger partial charge in [0.25, 0.3) is 0 Å². The van der Waals surface area contributed by atoms with Gasteiger partial charge in [-0.15, -0.1) is 0 Å². The van der Waals surface area contributed by atoms with E-state index in [1.54, 1.807) is 0 Å². The maximum Gasteiger partial charge on any atom is 0.472 e. The van der Waals surface area contributed by atoms with Crippen LogP contribution in [-0.4, -0.2) is 66.5 Å². The molecule has 0 radical (unpaired) electrons. The molecule has 394 valence electrons. The lowest BCUT2D eigenvalue weighted by Gasteiger charge is -2.21. The molecule has 0 spiro atoms. The minimum atomic E-state index is -4.78. The summed E-state index contributed by atoms with van der Waals surface area (Å²) < 4.78 is 39.2. The van der Waals surface area contributed by atoms with Gasteiger partial charge in [-0.1, -0.05) is 174 Å². The monoisotopic (exact) mass is 995 g/mol. The first-order valence-electron chi connectivity index (χ1n) is 26.1. The molecule has 0 heterocycles. The number of rotatable bonds is 46. The van der Waals surface area contributed by atoms with E-state index in [1.165, 1.54) is 0 Å². The van der Waals surface area contributed by atoms with Crippen LogP contribution in [0, 0.1) is 0 Å². The molecule has 2 N–H and O–H groups in total. The molecule has 0 fully saturated rings. The van der Waals surface area contributed by atoms with Crippen LogP contribution >= 0.6 is 7.82 Å². The van der Waals surface area contributed by atoms with Crippen molar-refractivity contribution < 1.29 is 52.2 Å². The van der Waals surface area contributed by atoms with Gasteiger partial charge in [0, 0.05) is 19.3 Å². The zero-order valence-electron chi connectivity index (χ0n) is 43.2. The first-order valence-corrected chi connectivity index (χ1v) is 27.6. The molecule has 0 saturated heterocycles. The van der Waals surface area contributed by atoms with Gasteiger partial charge in [-0.25, -0.2) is 4.57 Å². The van der Waals surface area contributed by atoms with Gasteiger partial charge >= 0.3 is 25.7 Å². The maximum atomic E-state index is 12.9. The molecule has 0 amide bonds. The van der Waals surface area contributed by atoms with Crippen LogP contribution in [-0.2, 0) is 42.2 Å². The summed E-state index contributed by atoms with van der Waals surface area (Å²) in [5.41, 5.74) is 0. The van der Waals surface area contributed by atoms with Crippen molar-refractivity contribution in [1.29, 1.82) is 0 Å². The number of aliphatic hydroxyl groups excluding tert-OH is 1. The van der Waals surface area contributed by atoms with Crippen LogP contribution in [0.15, 0.2) is 134 Å². The summed E-state index contributed by atoms with van der Waals surface area (Å²) in [4.78, 5) is 48.3. The highest BCUT2D eigenvalue weighted by Gasteiger charge is 2.28. The van der Waals surface area contributed by atoms with E-state index < -0.39 is 64.4 Å². The van der Waals surface area contributed by atoms with Crippen molar-refractivity contribution in [3.8, 4) is 0 Å². The minimum Gasteiger partial charge on any atom is -0.462 e. The Morgan fingerprint density at radius 2 is 0.729 bits per heavy atom. The standard InChI is InChI=1S/C58H91O11P/c1-4-7-10-13-16-19-22-25-27-30-33-36-39-42-45-48-57(61)68-54(50-59)52-66-70(63,64)67-53-55(51-65-56(60)47-44-41-38-35-32-29-24-21-18-15-12-9-6-3)69-58(62)49-46-43-40-37-34-31-28-26-23-20-17-14-11-8-5-2/h7-12,16-21,25-29,32,34,37-38,41,54-55,59H,4-6,13-15,22-24,30-31,33,35-36,39-40,42-53H2,1-3H3,(H,63,64)/b10-7-,11-8-,12-9-,19-16-,20-17-,21-18-,27-25-,28-26-,32-29-,37-34-,41-38-. The molecule has 11 nitrogen and oxygen atoms in total. The van der Waals surface area contributed by atoms with Gasteiger partial charge in [0.1, 0.15) is 12.7 Å². The zero-order chi connectivity index (χ0) is 51.3. The molecule has 0 rings (SSSR count). The van der Waals surface area contributed by atoms with Crippen LogP contribution < -0.4 is 0 Å². The summed E-state index contributed by atoms with van der Waals surface area (Å²) in [6, 6.07) is 0. The average Bonchev–Trinajstić information content (AvgIpc) is 3.35.